The molecule has 1 aromatic rings. The first kappa shape index (κ1) is 11.1. The van der Waals surface area contributed by atoms with Gasteiger partial charge in [-0.15, -0.1) is 0 Å². The maximum Gasteiger partial charge on any atom is 0.335 e. The normalized spacial score (nSPS) is 8.33. The van der Waals surface area contributed by atoms with E-state index in [9.17, 15) is 9.59 Å². The Morgan fingerprint density at radius 2 is 1.75 bits per heavy atom. The molecule has 12 heavy (non-hydrogen) atoms. The van der Waals surface area contributed by atoms with Crippen LogP contribution in [0.4, 0.5) is 0 Å². The van der Waals surface area contributed by atoms with E-state index in [4.69, 9.17) is 5.11 Å². The van der Waals surface area contributed by atoms with Crippen LogP contribution in [0.15, 0.2) is 24.3 Å². The zero-order valence-electron chi connectivity index (χ0n) is 5.95. The number of hydrogen-bond acceptors (Lipinski definition) is 2. The van der Waals surface area contributed by atoms with E-state index in [0.717, 1.165) is 0 Å². The maximum atomic E-state index is 10.3. The van der Waals surface area contributed by atoms with E-state index in [-0.39, 0.29) is 27.9 Å². The Morgan fingerprint density at radius 1 is 1.25 bits per heavy atom. The number of rotatable bonds is 2. The standard InChI is InChI=1S/C8H6O3.Ag/c9-5-6-1-3-7(4-2-6)8(10)11;/h1-5H,(H,10,11);. The molecule has 67 valence electrons. The number of carboxylic acids is 1. The van der Waals surface area contributed by atoms with E-state index < -0.39 is 5.97 Å². The first-order chi connectivity index (χ1) is 5.24. The predicted molar refractivity (Wildman–Crippen MR) is 38.8 cm³/mol. The minimum absolute atomic E-state index is 0. The summed E-state index contributed by atoms with van der Waals surface area (Å²) in [6, 6.07) is 5.73. The second-order valence-electron chi connectivity index (χ2n) is 2.05. The van der Waals surface area contributed by atoms with Gasteiger partial charge in [-0.3, -0.25) is 4.79 Å². The third-order valence-electron chi connectivity index (χ3n) is 1.29. The number of carbonyl (C=O) groups excluding carboxylic acids is 1. The van der Waals surface area contributed by atoms with E-state index in [1.54, 1.807) is 0 Å². The van der Waals surface area contributed by atoms with Gasteiger partial charge in [-0.2, -0.15) is 0 Å². The Kier molecular flexibility index (Phi) is 4.51. The molecule has 0 saturated heterocycles. The molecule has 1 radical (unpaired) electrons. The van der Waals surface area contributed by atoms with E-state index in [1.807, 2.05) is 0 Å². The van der Waals surface area contributed by atoms with Crippen LogP contribution < -0.4 is 0 Å². The average molecular weight is 258 g/mol. The summed E-state index contributed by atoms with van der Waals surface area (Å²) in [5.74, 6) is -0.984. The van der Waals surface area contributed by atoms with E-state index >= 15 is 0 Å². The molecule has 0 unspecified atom stereocenters. The van der Waals surface area contributed by atoms with Gasteiger partial charge in [-0.05, 0) is 12.1 Å². The fraction of sp³-hybridized carbons (Fsp3) is 0. The van der Waals surface area contributed by atoms with Crippen LogP contribution in [0.2, 0.25) is 0 Å². The molecule has 0 bridgehead atoms. The molecule has 4 heteroatoms. The summed E-state index contributed by atoms with van der Waals surface area (Å²) in [5, 5.41) is 8.46. The fourth-order valence-corrected chi connectivity index (χ4v) is 0.704. The summed E-state index contributed by atoms with van der Waals surface area (Å²) in [4.78, 5) is 20.5. The summed E-state index contributed by atoms with van der Waals surface area (Å²) in [7, 11) is 0. The van der Waals surface area contributed by atoms with Gasteiger partial charge in [0.15, 0.2) is 0 Å². The van der Waals surface area contributed by atoms with Crippen molar-refractivity contribution >= 4 is 12.3 Å². The van der Waals surface area contributed by atoms with Crippen molar-refractivity contribution in [2.24, 2.45) is 0 Å². The van der Waals surface area contributed by atoms with Gasteiger partial charge in [0.05, 0.1) is 5.56 Å². The summed E-state index contributed by atoms with van der Waals surface area (Å²) < 4.78 is 0. The van der Waals surface area contributed by atoms with Crippen LogP contribution in [0.25, 0.3) is 0 Å². The minimum atomic E-state index is -0.984. The van der Waals surface area contributed by atoms with E-state index in [1.165, 1.54) is 24.3 Å². The molecule has 0 spiro atoms. The average Bonchev–Trinajstić information content (AvgIpc) is 2.05. The number of aldehydes is 1. The Hall–Kier alpha value is -0.900. The topological polar surface area (TPSA) is 54.4 Å². The molecule has 0 aliphatic rings. The van der Waals surface area contributed by atoms with Crippen molar-refractivity contribution in [3.63, 3.8) is 0 Å². The van der Waals surface area contributed by atoms with Gasteiger partial charge in [0.2, 0.25) is 0 Å². The van der Waals surface area contributed by atoms with Gasteiger partial charge >= 0.3 is 5.97 Å². The first-order valence-electron chi connectivity index (χ1n) is 3.02. The van der Waals surface area contributed by atoms with Gasteiger partial charge in [0.25, 0.3) is 0 Å². The van der Waals surface area contributed by atoms with Crippen molar-refractivity contribution in [2.75, 3.05) is 0 Å². The molecule has 0 saturated carbocycles. The Bertz CT molecular complexity index is 279. The number of aromatic carboxylic acids is 1. The maximum absolute atomic E-state index is 10.3. The van der Waals surface area contributed by atoms with Crippen molar-refractivity contribution in [3.05, 3.63) is 35.4 Å². The number of carboxylic acid groups (broad SMARTS) is 1. The molecule has 1 N–H and O–H groups in total. The number of benzene rings is 1. The quantitative estimate of drug-likeness (QED) is 0.640. The van der Waals surface area contributed by atoms with Gasteiger partial charge < -0.3 is 5.11 Å². The number of carbonyl (C=O) groups is 2. The van der Waals surface area contributed by atoms with Crippen molar-refractivity contribution in [2.45, 2.75) is 0 Å². The van der Waals surface area contributed by atoms with Crippen LogP contribution in [0.3, 0.4) is 0 Å². The Morgan fingerprint density at radius 3 is 2.08 bits per heavy atom. The summed E-state index contributed by atoms with van der Waals surface area (Å²) >= 11 is 0. The van der Waals surface area contributed by atoms with E-state index in [0.29, 0.717) is 11.8 Å². The molecule has 0 fully saturated rings. The molecule has 0 amide bonds. The van der Waals surface area contributed by atoms with Crippen LogP contribution in [-0.4, -0.2) is 17.4 Å². The van der Waals surface area contributed by atoms with Gasteiger partial charge in [-0.25, -0.2) is 4.79 Å². The van der Waals surface area contributed by atoms with Crippen molar-refractivity contribution in [1.29, 1.82) is 0 Å². The second kappa shape index (κ2) is 4.87. The number of hydrogen-bond donors (Lipinski definition) is 1. The van der Waals surface area contributed by atoms with Crippen molar-refractivity contribution < 1.29 is 37.1 Å². The van der Waals surface area contributed by atoms with Crippen LogP contribution in [0.5, 0.6) is 0 Å². The van der Waals surface area contributed by atoms with Gasteiger partial charge in [0.1, 0.15) is 6.29 Å². The second-order valence-corrected chi connectivity index (χ2v) is 2.05. The minimum Gasteiger partial charge on any atom is -0.478 e. The molecule has 3 nitrogen and oxygen atoms in total. The van der Waals surface area contributed by atoms with Gasteiger partial charge in [-0.1, -0.05) is 12.1 Å². The zero-order chi connectivity index (χ0) is 8.27. The van der Waals surface area contributed by atoms with E-state index in [2.05, 4.69) is 0 Å². The van der Waals surface area contributed by atoms with Crippen LogP contribution in [0.1, 0.15) is 20.7 Å². The largest absolute Gasteiger partial charge is 0.478 e. The van der Waals surface area contributed by atoms with Crippen LogP contribution >= 0.6 is 0 Å². The van der Waals surface area contributed by atoms with Crippen LogP contribution in [-0.2, 0) is 22.4 Å². The first-order valence-corrected chi connectivity index (χ1v) is 3.02. The smallest absolute Gasteiger partial charge is 0.335 e. The molecular formula is C8H6AgO3. The Balaban J connectivity index is 0.00000121. The molecule has 1 aromatic carbocycles. The SMILES string of the molecule is O=Cc1ccc(C(=O)O)cc1.[Ag]. The Labute approximate surface area is 84.9 Å². The summed E-state index contributed by atoms with van der Waals surface area (Å²) in [6.07, 6.45) is 0.672. The predicted octanol–water partition coefficient (Wildman–Crippen LogP) is 1.19. The van der Waals surface area contributed by atoms with Crippen LogP contribution in [0, 0.1) is 0 Å². The summed E-state index contributed by atoms with van der Waals surface area (Å²) in [5.41, 5.74) is 0.672. The molecule has 0 aliphatic carbocycles. The van der Waals surface area contributed by atoms with Gasteiger partial charge in [0, 0.05) is 27.9 Å². The fourth-order valence-electron chi connectivity index (χ4n) is 0.704. The molecule has 0 atom stereocenters. The zero-order valence-corrected chi connectivity index (χ0v) is 7.43. The molecular weight excluding hydrogens is 252 g/mol. The van der Waals surface area contributed by atoms with Crippen molar-refractivity contribution in [1.82, 2.24) is 0 Å². The van der Waals surface area contributed by atoms with Crippen molar-refractivity contribution in [3.8, 4) is 0 Å². The molecule has 0 heterocycles. The third kappa shape index (κ3) is 2.62. The molecule has 0 aliphatic heterocycles. The summed E-state index contributed by atoms with van der Waals surface area (Å²) in [6.45, 7) is 0. The molecule has 0 aromatic heterocycles. The molecule has 1 rings (SSSR count). The third-order valence-corrected chi connectivity index (χ3v) is 1.29. The monoisotopic (exact) mass is 257 g/mol.